The summed E-state index contributed by atoms with van der Waals surface area (Å²) in [5.74, 6) is 1.59. The molecule has 0 amide bonds. The third kappa shape index (κ3) is 3.01. The predicted molar refractivity (Wildman–Crippen MR) is 80.9 cm³/mol. The lowest BCUT2D eigenvalue weighted by molar-refractivity contribution is 0.101. The summed E-state index contributed by atoms with van der Waals surface area (Å²) in [5.41, 5.74) is 1.48. The fourth-order valence-electron chi connectivity index (χ4n) is 2.82. The molecular formula is C16H19N3O3. The van der Waals surface area contributed by atoms with Gasteiger partial charge in [0.05, 0.1) is 11.8 Å². The summed E-state index contributed by atoms with van der Waals surface area (Å²) >= 11 is 0. The van der Waals surface area contributed by atoms with Crippen molar-refractivity contribution in [3.8, 4) is 0 Å². The fourth-order valence-corrected chi connectivity index (χ4v) is 2.82. The Hall–Kier alpha value is -2.21. The number of carbonyl (C=O) groups is 1. The van der Waals surface area contributed by atoms with Gasteiger partial charge < -0.3 is 14.5 Å². The number of carbonyl (C=O) groups excluding carboxylic acids is 1. The Morgan fingerprint density at radius 3 is 2.95 bits per heavy atom. The molecule has 6 heteroatoms. The average Bonchev–Trinajstić information content (AvgIpc) is 3.06. The minimum atomic E-state index is -0.451. The summed E-state index contributed by atoms with van der Waals surface area (Å²) in [4.78, 5) is 17.8. The van der Waals surface area contributed by atoms with Crippen LogP contribution in [0.15, 0.2) is 28.9 Å². The van der Waals surface area contributed by atoms with Crippen molar-refractivity contribution in [3.05, 3.63) is 41.4 Å². The SMILES string of the molecule is CC(=O)c1ccnc(N2C[C@@H](Cc3cc(C)no3)[C@H](O)C2)c1. The number of Topliss-reactive ketones (excluding diaryl/α,β-unsaturated/α-hetero) is 1. The number of rotatable bonds is 4. The lowest BCUT2D eigenvalue weighted by Crippen LogP contribution is -2.22. The van der Waals surface area contributed by atoms with Crippen molar-refractivity contribution < 1.29 is 14.4 Å². The topological polar surface area (TPSA) is 79.5 Å². The molecule has 6 nitrogen and oxygen atoms in total. The number of aliphatic hydroxyl groups is 1. The van der Waals surface area contributed by atoms with E-state index < -0.39 is 6.10 Å². The Labute approximate surface area is 128 Å². The van der Waals surface area contributed by atoms with Crippen molar-refractivity contribution in [2.24, 2.45) is 5.92 Å². The van der Waals surface area contributed by atoms with Gasteiger partial charge >= 0.3 is 0 Å². The molecule has 22 heavy (non-hydrogen) atoms. The molecule has 1 aliphatic rings. The van der Waals surface area contributed by atoms with Crippen LogP contribution in [0.2, 0.25) is 0 Å². The molecule has 0 unspecified atom stereocenters. The molecule has 3 heterocycles. The van der Waals surface area contributed by atoms with Gasteiger partial charge in [-0.15, -0.1) is 0 Å². The second-order valence-electron chi connectivity index (χ2n) is 5.83. The lowest BCUT2D eigenvalue weighted by Gasteiger charge is -2.17. The Morgan fingerprint density at radius 1 is 1.45 bits per heavy atom. The second-order valence-corrected chi connectivity index (χ2v) is 5.83. The van der Waals surface area contributed by atoms with Crippen LogP contribution in [-0.2, 0) is 6.42 Å². The third-order valence-electron chi connectivity index (χ3n) is 4.02. The van der Waals surface area contributed by atoms with E-state index >= 15 is 0 Å². The molecule has 0 bridgehead atoms. The maximum Gasteiger partial charge on any atom is 0.159 e. The highest BCUT2D eigenvalue weighted by molar-refractivity contribution is 5.94. The van der Waals surface area contributed by atoms with Crippen LogP contribution in [-0.4, -0.2) is 40.2 Å². The first-order valence-electron chi connectivity index (χ1n) is 7.35. The number of nitrogens with zero attached hydrogens (tertiary/aromatic N) is 3. The molecule has 1 aliphatic heterocycles. The summed E-state index contributed by atoms with van der Waals surface area (Å²) in [6, 6.07) is 5.37. The number of anilines is 1. The van der Waals surface area contributed by atoms with E-state index in [9.17, 15) is 9.90 Å². The predicted octanol–water partition coefficient (Wildman–Crippen LogP) is 1.62. The molecule has 1 N–H and O–H groups in total. The summed E-state index contributed by atoms with van der Waals surface area (Å²) < 4.78 is 5.23. The molecule has 3 rings (SSSR count). The quantitative estimate of drug-likeness (QED) is 0.865. The number of aromatic nitrogens is 2. The zero-order valence-corrected chi connectivity index (χ0v) is 12.7. The molecule has 1 fully saturated rings. The third-order valence-corrected chi connectivity index (χ3v) is 4.02. The monoisotopic (exact) mass is 301 g/mol. The van der Waals surface area contributed by atoms with Gasteiger partial charge in [-0.05, 0) is 26.0 Å². The van der Waals surface area contributed by atoms with Gasteiger partial charge in [-0.1, -0.05) is 5.16 Å². The van der Waals surface area contributed by atoms with Crippen LogP contribution in [0, 0.1) is 12.8 Å². The van der Waals surface area contributed by atoms with Crippen LogP contribution in [0.25, 0.3) is 0 Å². The summed E-state index contributed by atoms with van der Waals surface area (Å²) in [7, 11) is 0. The van der Waals surface area contributed by atoms with E-state index in [0.29, 0.717) is 25.1 Å². The van der Waals surface area contributed by atoms with Crippen LogP contribution in [0.4, 0.5) is 5.82 Å². The molecule has 2 atom stereocenters. The van der Waals surface area contributed by atoms with Crippen molar-refractivity contribution in [1.82, 2.24) is 10.1 Å². The molecule has 116 valence electrons. The Balaban J connectivity index is 1.72. The number of hydrogen-bond donors (Lipinski definition) is 1. The van der Waals surface area contributed by atoms with Crippen LogP contribution in [0.1, 0.15) is 28.7 Å². The highest BCUT2D eigenvalue weighted by atomic mass is 16.5. The van der Waals surface area contributed by atoms with Gasteiger partial charge in [0.15, 0.2) is 5.78 Å². The first-order chi connectivity index (χ1) is 10.5. The first kappa shape index (κ1) is 14.7. The van der Waals surface area contributed by atoms with Crippen LogP contribution < -0.4 is 4.90 Å². The van der Waals surface area contributed by atoms with Gasteiger partial charge in [-0.2, -0.15) is 0 Å². The minimum Gasteiger partial charge on any atom is -0.391 e. The molecular weight excluding hydrogens is 282 g/mol. The van der Waals surface area contributed by atoms with E-state index in [0.717, 1.165) is 17.3 Å². The molecule has 1 saturated heterocycles. The molecule has 0 aromatic carbocycles. The maximum atomic E-state index is 11.5. The van der Waals surface area contributed by atoms with Crippen molar-refractivity contribution >= 4 is 11.6 Å². The highest BCUT2D eigenvalue weighted by Crippen LogP contribution is 2.26. The summed E-state index contributed by atoms with van der Waals surface area (Å²) in [6.45, 7) is 4.59. The highest BCUT2D eigenvalue weighted by Gasteiger charge is 2.33. The number of ketones is 1. The van der Waals surface area contributed by atoms with E-state index in [2.05, 4.69) is 10.1 Å². The van der Waals surface area contributed by atoms with Gasteiger partial charge in [0.1, 0.15) is 11.6 Å². The fraction of sp³-hybridized carbons (Fsp3) is 0.438. The maximum absolute atomic E-state index is 11.5. The lowest BCUT2D eigenvalue weighted by atomic mass is 10.0. The Morgan fingerprint density at radius 2 is 2.27 bits per heavy atom. The van der Waals surface area contributed by atoms with Crippen LogP contribution >= 0.6 is 0 Å². The molecule has 0 radical (unpaired) electrons. The molecule has 2 aromatic rings. The number of aryl methyl sites for hydroxylation is 1. The Kier molecular flexibility index (Phi) is 3.94. The zero-order valence-electron chi connectivity index (χ0n) is 12.7. The standard InChI is InChI=1S/C16H19N3O3/c1-10-5-14(22-18-10)6-13-8-19(9-15(13)21)16-7-12(11(2)20)3-4-17-16/h3-5,7,13,15,21H,6,8-9H2,1-2H3/t13-,15-/m1/s1. The second kappa shape index (κ2) is 5.88. The van der Waals surface area contributed by atoms with E-state index in [1.807, 2.05) is 17.9 Å². The molecule has 0 aliphatic carbocycles. The smallest absolute Gasteiger partial charge is 0.159 e. The summed E-state index contributed by atoms with van der Waals surface area (Å²) in [6.07, 6.45) is 1.82. The number of hydrogen-bond acceptors (Lipinski definition) is 6. The van der Waals surface area contributed by atoms with Crippen molar-refractivity contribution in [2.75, 3.05) is 18.0 Å². The number of aliphatic hydroxyl groups excluding tert-OH is 1. The number of pyridine rings is 1. The first-order valence-corrected chi connectivity index (χ1v) is 7.35. The minimum absolute atomic E-state index is 0.0112. The van der Waals surface area contributed by atoms with Crippen LogP contribution in [0.3, 0.4) is 0 Å². The van der Waals surface area contributed by atoms with E-state index in [-0.39, 0.29) is 11.7 Å². The molecule has 0 spiro atoms. The van der Waals surface area contributed by atoms with Crippen molar-refractivity contribution in [1.29, 1.82) is 0 Å². The van der Waals surface area contributed by atoms with E-state index in [1.165, 1.54) is 6.92 Å². The zero-order chi connectivity index (χ0) is 15.7. The Bertz CT molecular complexity index is 683. The molecule has 0 saturated carbocycles. The normalized spacial score (nSPS) is 21.3. The van der Waals surface area contributed by atoms with Gasteiger partial charge in [0, 0.05) is 43.3 Å². The largest absolute Gasteiger partial charge is 0.391 e. The van der Waals surface area contributed by atoms with Crippen molar-refractivity contribution in [3.63, 3.8) is 0 Å². The van der Waals surface area contributed by atoms with Gasteiger partial charge in [-0.25, -0.2) is 4.98 Å². The van der Waals surface area contributed by atoms with E-state index in [4.69, 9.17) is 4.52 Å². The van der Waals surface area contributed by atoms with Gasteiger partial charge in [0.2, 0.25) is 0 Å². The number of β-amino-alcohol motifs (C(OH)–C–C–N with tert-alkyl or cyclic N) is 1. The summed E-state index contributed by atoms with van der Waals surface area (Å²) in [5, 5.41) is 14.1. The van der Waals surface area contributed by atoms with Crippen molar-refractivity contribution in [2.45, 2.75) is 26.4 Å². The van der Waals surface area contributed by atoms with Gasteiger partial charge in [-0.3, -0.25) is 4.79 Å². The van der Waals surface area contributed by atoms with Crippen LogP contribution in [0.5, 0.6) is 0 Å². The average molecular weight is 301 g/mol. The molecule has 2 aromatic heterocycles. The van der Waals surface area contributed by atoms with E-state index in [1.54, 1.807) is 18.3 Å². The van der Waals surface area contributed by atoms with Gasteiger partial charge in [0.25, 0.3) is 0 Å².